The summed E-state index contributed by atoms with van der Waals surface area (Å²) in [6.07, 6.45) is 0. The van der Waals surface area contributed by atoms with E-state index in [1.54, 1.807) is 13.0 Å². The minimum absolute atomic E-state index is 0.0410. The molecule has 0 aliphatic carbocycles. The Morgan fingerprint density at radius 3 is 2.92 bits per heavy atom. The van der Waals surface area contributed by atoms with Crippen LogP contribution in [-0.4, -0.2) is 28.3 Å². The summed E-state index contributed by atoms with van der Waals surface area (Å²) in [6.45, 7) is 1.97. The van der Waals surface area contributed by atoms with E-state index in [0.717, 1.165) is 5.69 Å². The molecule has 12 heavy (non-hydrogen) atoms. The third kappa shape index (κ3) is 2.64. The van der Waals surface area contributed by atoms with Crippen LogP contribution in [0.15, 0.2) is 6.07 Å². The average molecular weight is 189 g/mol. The molecule has 0 fully saturated rings. The van der Waals surface area contributed by atoms with Crippen LogP contribution in [0, 0.1) is 6.92 Å². The molecule has 0 atom stereocenters. The third-order valence-corrected chi connectivity index (χ3v) is 1.31. The van der Waals surface area contributed by atoms with Gasteiger partial charge >= 0.3 is 0 Å². The van der Waals surface area contributed by atoms with Gasteiger partial charge in [-0.3, -0.25) is 0 Å². The quantitative estimate of drug-likeness (QED) is 0.714. The number of halogens is 1. The fourth-order valence-electron chi connectivity index (χ4n) is 0.729. The molecule has 0 unspecified atom stereocenters. The zero-order valence-corrected chi connectivity index (χ0v) is 7.38. The molecule has 0 saturated carbocycles. The highest BCUT2D eigenvalue weighted by molar-refractivity contribution is 6.28. The van der Waals surface area contributed by atoms with Gasteiger partial charge in [0.1, 0.15) is 6.61 Å². The van der Waals surface area contributed by atoms with Crippen LogP contribution in [-0.2, 0) is 0 Å². The second kappa shape index (κ2) is 4.23. The van der Waals surface area contributed by atoms with Crippen molar-refractivity contribution < 1.29 is 9.84 Å². The van der Waals surface area contributed by atoms with Crippen molar-refractivity contribution >= 4 is 11.6 Å². The van der Waals surface area contributed by atoms with Gasteiger partial charge in [0.05, 0.1) is 6.61 Å². The lowest BCUT2D eigenvalue weighted by Gasteiger charge is -2.03. The normalized spacial score (nSPS) is 9.92. The van der Waals surface area contributed by atoms with Crippen LogP contribution in [0.3, 0.4) is 0 Å². The number of rotatable bonds is 3. The average Bonchev–Trinajstić information content (AvgIpc) is 1.99. The van der Waals surface area contributed by atoms with Gasteiger partial charge in [-0.25, -0.2) is 4.98 Å². The number of hydrogen-bond acceptors (Lipinski definition) is 4. The van der Waals surface area contributed by atoms with E-state index >= 15 is 0 Å². The van der Waals surface area contributed by atoms with E-state index in [-0.39, 0.29) is 18.5 Å². The molecule has 1 N–H and O–H groups in total. The molecule has 1 heterocycles. The lowest BCUT2D eigenvalue weighted by Crippen LogP contribution is -2.03. The number of hydrogen-bond donors (Lipinski definition) is 1. The Morgan fingerprint density at radius 1 is 1.58 bits per heavy atom. The maximum Gasteiger partial charge on any atom is 0.225 e. The maximum atomic E-state index is 8.46. The molecule has 0 spiro atoms. The minimum Gasteiger partial charge on any atom is -0.475 e. The van der Waals surface area contributed by atoms with Gasteiger partial charge in [-0.05, 0) is 18.5 Å². The molecule has 0 amide bonds. The van der Waals surface area contributed by atoms with Gasteiger partial charge < -0.3 is 9.84 Å². The molecule has 1 aromatic rings. The van der Waals surface area contributed by atoms with Crippen molar-refractivity contribution in [3.8, 4) is 5.88 Å². The fourth-order valence-corrected chi connectivity index (χ4v) is 0.945. The smallest absolute Gasteiger partial charge is 0.225 e. The maximum absolute atomic E-state index is 8.46. The first-order chi connectivity index (χ1) is 5.72. The van der Waals surface area contributed by atoms with Gasteiger partial charge in [0, 0.05) is 11.8 Å². The Balaban J connectivity index is 2.72. The lowest BCUT2D eigenvalue weighted by molar-refractivity contribution is 0.196. The molecule has 0 aliphatic rings. The van der Waals surface area contributed by atoms with Crippen molar-refractivity contribution in [3.63, 3.8) is 0 Å². The van der Waals surface area contributed by atoms with Crippen LogP contribution in [0.1, 0.15) is 5.69 Å². The second-order valence-corrected chi connectivity index (χ2v) is 2.53. The van der Waals surface area contributed by atoms with Crippen LogP contribution in [0.2, 0.25) is 5.28 Å². The molecule has 0 radical (unpaired) electrons. The topological polar surface area (TPSA) is 55.2 Å². The fraction of sp³-hybridized carbons (Fsp3) is 0.429. The van der Waals surface area contributed by atoms with Crippen LogP contribution in [0.25, 0.3) is 0 Å². The minimum atomic E-state index is -0.0410. The van der Waals surface area contributed by atoms with E-state index in [4.69, 9.17) is 21.4 Å². The lowest BCUT2D eigenvalue weighted by atomic mass is 10.4. The zero-order valence-electron chi connectivity index (χ0n) is 6.62. The van der Waals surface area contributed by atoms with Gasteiger partial charge in [-0.1, -0.05) is 0 Å². The zero-order chi connectivity index (χ0) is 8.97. The molecule has 0 saturated heterocycles. The summed E-state index contributed by atoms with van der Waals surface area (Å²) in [5.41, 5.74) is 0.739. The summed E-state index contributed by atoms with van der Waals surface area (Å²) in [6, 6.07) is 1.65. The van der Waals surface area contributed by atoms with Gasteiger partial charge in [0.15, 0.2) is 0 Å². The van der Waals surface area contributed by atoms with Gasteiger partial charge in [-0.15, -0.1) is 0 Å². The van der Waals surface area contributed by atoms with Crippen molar-refractivity contribution in [1.82, 2.24) is 9.97 Å². The van der Waals surface area contributed by atoms with Crippen LogP contribution in [0.5, 0.6) is 5.88 Å². The Morgan fingerprint density at radius 2 is 2.33 bits per heavy atom. The largest absolute Gasteiger partial charge is 0.475 e. The molecular formula is C7H9ClN2O2. The molecule has 4 nitrogen and oxygen atoms in total. The van der Waals surface area contributed by atoms with Gasteiger partial charge in [0.25, 0.3) is 0 Å². The summed E-state index contributed by atoms with van der Waals surface area (Å²) in [7, 11) is 0. The summed E-state index contributed by atoms with van der Waals surface area (Å²) >= 11 is 5.56. The number of aliphatic hydroxyl groups excluding tert-OH is 1. The van der Waals surface area contributed by atoms with E-state index in [0.29, 0.717) is 5.88 Å². The number of aliphatic hydroxyl groups is 1. The van der Waals surface area contributed by atoms with Crippen molar-refractivity contribution in [2.45, 2.75) is 6.92 Å². The molecule has 66 valence electrons. The first-order valence-corrected chi connectivity index (χ1v) is 3.85. The number of aryl methyl sites for hydroxylation is 1. The van der Waals surface area contributed by atoms with Crippen molar-refractivity contribution in [1.29, 1.82) is 0 Å². The first kappa shape index (κ1) is 9.22. The van der Waals surface area contributed by atoms with E-state index < -0.39 is 0 Å². The molecular weight excluding hydrogens is 180 g/mol. The number of nitrogens with zero attached hydrogens (tertiary/aromatic N) is 2. The summed E-state index contributed by atoms with van der Waals surface area (Å²) in [5.74, 6) is 0.390. The van der Waals surface area contributed by atoms with Crippen molar-refractivity contribution in [2.24, 2.45) is 0 Å². The van der Waals surface area contributed by atoms with Gasteiger partial charge in [0.2, 0.25) is 11.2 Å². The van der Waals surface area contributed by atoms with Crippen LogP contribution in [0.4, 0.5) is 0 Å². The predicted octanol–water partition coefficient (Wildman–Crippen LogP) is 0.810. The number of ether oxygens (including phenoxy) is 1. The molecule has 0 aromatic carbocycles. The summed E-state index contributed by atoms with van der Waals surface area (Å²) in [5, 5.41) is 8.62. The van der Waals surface area contributed by atoms with E-state index in [9.17, 15) is 0 Å². The highest BCUT2D eigenvalue weighted by Gasteiger charge is 1.99. The van der Waals surface area contributed by atoms with Crippen molar-refractivity contribution in [3.05, 3.63) is 17.0 Å². The Hall–Kier alpha value is -0.870. The van der Waals surface area contributed by atoms with Crippen LogP contribution >= 0.6 is 11.6 Å². The van der Waals surface area contributed by atoms with Gasteiger partial charge in [-0.2, -0.15) is 4.98 Å². The molecule has 5 heteroatoms. The standard InChI is InChI=1S/C7H9ClN2O2/c1-5-4-6(12-3-2-11)10-7(8)9-5/h4,11H,2-3H2,1H3. The van der Waals surface area contributed by atoms with E-state index in [1.165, 1.54) is 0 Å². The Bertz CT molecular complexity index is 247. The highest BCUT2D eigenvalue weighted by Crippen LogP contribution is 2.11. The second-order valence-electron chi connectivity index (χ2n) is 2.19. The molecule has 1 aromatic heterocycles. The monoisotopic (exact) mass is 188 g/mol. The first-order valence-electron chi connectivity index (χ1n) is 3.47. The predicted molar refractivity (Wildman–Crippen MR) is 44.4 cm³/mol. The Kier molecular flexibility index (Phi) is 3.25. The Labute approximate surface area is 75.2 Å². The van der Waals surface area contributed by atoms with E-state index in [2.05, 4.69) is 9.97 Å². The molecule has 0 bridgehead atoms. The van der Waals surface area contributed by atoms with Crippen LogP contribution < -0.4 is 4.74 Å². The molecule has 1 rings (SSSR count). The summed E-state index contributed by atoms with van der Waals surface area (Å²) in [4.78, 5) is 7.65. The van der Waals surface area contributed by atoms with Crippen molar-refractivity contribution in [2.75, 3.05) is 13.2 Å². The number of aromatic nitrogens is 2. The summed E-state index contributed by atoms with van der Waals surface area (Å²) < 4.78 is 5.03. The highest BCUT2D eigenvalue weighted by atomic mass is 35.5. The molecule has 0 aliphatic heterocycles. The third-order valence-electron chi connectivity index (χ3n) is 1.14. The van der Waals surface area contributed by atoms with E-state index in [1.807, 2.05) is 0 Å². The SMILES string of the molecule is Cc1cc(OCCO)nc(Cl)n1.